The van der Waals surface area contributed by atoms with E-state index in [2.05, 4.69) is 30.7 Å². The number of nitrogens with two attached hydrogens (primary N) is 1. The molecule has 0 fully saturated rings. The summed E-state index contributed by atoms with van der Waals surface area (Å²) < 4.78 is 1.12. The van der Waals surface area contributed by atoms with Crippen LogP contribution in [0.4, 0.5) is 5.69 Å². The zero-order valence-electron chi connectivity index (χ0n) is 15.4. The van der Waals surface area contributed by atoms with E-state index in [0.29, 0.717) is 24.3 Å². The number of hydrazine groups is 1. The first-order chi connectivity index (χ1) is 13.0. The van der Waals surface area contributed by atoms with Crippen molar-refractivity contribution in [3.63, 3.8) is 0 Å². The number of rotatable bonds is 6. The summed E-state index contributed by atoms with van der Waals surface area (Å²) in [4.78, 5) is 24.9. The molecule has 0 aliphatic heterocycles. The third kappa shape index (κ3) is 4.72. The summed E-state index contributed by atoms with van der Waals surface area (Å²) in [6.45, 7) is 4.25. The fourth-order valence-electron chi connectivity index (χ4n) is 2.83. The highest BCUT2D eigenvalue weighted by Gasteiger charge is 2.09. The summed E-state index contributed by atoms with van der Waals surface area (Å²) in [6, 6.07) is 15.6. The van der Waals surface area contributed by atoms with E-state index in [1.807, 2.05) is 42.5 Å². The molecule has 2 aromatic carbocycles. The Labute approximate surface area is 162 Å². The van der Waals surface area contributed by atoms with Gasteiger partial charge >= 0.3 is 0 Å². The van der Waals surface area contributed by atoms with Gasteiger partial charge < -0.3 is 5.32 Å². The van der Waals surface area contributed by atoms with E-state index >= 15 is 0 Å². The molecule has 0 saturated carbocycles. The van der Waals surface area contributed by atoms with Crippen LogP contribution in [0.1, 0.15) is 47.0 Å². The molecule has 1 aromatic heterocycles. The van der Waals surface area contributed by atoms with Gasteiger partial charge in [0.25, 0.3) is 5.91 Å². The highest BCUT2D eigenvalue weighted by Crippen LogP contribution is 2.29. The molecule has 0 radical (unpaired) electrons. The highest BCUT2D eigenvalue weighted by atomic mass is 32.1. The Balaban J connectivity index is 1.71. The second-order valence-corrected chi connectivity index (χ2v) is 7.93. The molecule has 3 rings (SSSR count). The van der Waals surface area contributed by atoms with Gasteiger partial charge in [-0.15, -0.1) is 11.3 Å². The van der Waals surface area contributed by atoms with Crippen LogP contribution in [0.3, 0.4) is 0 Å². The smallest absolute Gasteiger partial charge is 0.255 e. The van der Waals surface area contributed by atoms with Crippen molar-refractivity contribution in [3.8, 4) is 0 Å². The van der Waals surface area contributed by atoms with Crippen molar-refractivity contribution in [1.82, 2.24) is 5.43 Å². The van der Waals surface area contributed by atoms with Gasteiger partial charge in [-0.1, -0.05) is 26.0 Å². The summed E-state index contributed by atoms with van der Waals surface area (Å²) in [5.41, 5.74) is 4.74. The van der Waals surface area contributed by atoms with Crippen LogP contribution in [0.5, 0.6) is 0 Å². The minimum Gasteiger partial charge on any atom is -0.322 e. The average Bonchev–Trinajstić information content (AvgIpc) is 3.08. The van der Waals surface area contributed by atoms with Gasteiger partial charge in [-0.2, -0.15) is 0 Å². The van der Waals surface area contributed by atoms with E-state index in [1.165, 1.54) is 5.56 Å². The molecule has 0 atom stereocenters. The molecule has 140 valence electrons. The lowest BCUT2D eigenvalue weighted by Crippen LogP contribution is -2.29. The lowest BCUT2D eigenvalue weighted by molar-refractivity contribution is -0.121. The number of carbonyl (C=O) groups is 2. The molecule has 0 aliphatic carbocycles. The van der Waals surface area contributed by atoms with Crippen LogP contribution in [-0.4, -0.2) is 11.8 Å². The van der Waals surface area contributed by atoms with Gasteiger partial charge in [0.05, 0.1) is 0 Å². The van der Waals surface area contributed by atoms with Gasteiger partial charge in [0, 0.05) is 27.2 Å². The number of hydrogen-bond donors (Lipinski definition) is 3. The number of hydrogen-bond acceptors (Lipinski definition) is 4. The summed E-state index contributed by atoms with van der Waals surface area (Å²) >= 11 is 1.64. The van der Waals surface area contributed by atoms with Crippen LogP contribution in [0, 0.1) is 0 Å². The van der Waals surface area contributed by atoms with Crippen molar-refractivity contribution in [2.75, 3.05) is 5.32 Å². The van der Waals surface area contributed by atoms with Crippen molar-refractivity contribution in [2.45, 2.75) is 32.6 Å². The largest absolute Gasteiger partial charge is 0.322 e. The summed E-state index contributed by atoms with van der Waals surface area (Å²) in [6.07, 6.45) is 1.01. The molecule has 6 heteroatoms. The van der Waals surface area contributed by atoms with Crippen LogP contribution < -0.4 is 16.6 Å². The summed E-state index contributed by atoms with van der Waals surface area (Å²) in [5.74, 6) is 5.25. The minimum absolute atomic E-state index is 0.125. The van der Waals surface area contributed by atoms with E-state index in [1.54, 1.807) is 11.3 Å². The van der Waals surface area contributed by atoms with Crippen LogP contribution in [0.15, 0.2) is 48.5 Å². The van der Waals surface area contributed by atoms with Crippen molar-refractivity contribution in [2.24, 2.45) is 5.84 Å². The standard InChI is InChI=1S/C21H23N3O2S/c1-13(2)14-3-5-15(6-4-14)21(26)23-17-7-9-19-16(11-17)12-18(27-19)8-10-20(25)24-22/h3-7,9,11-13H,8,10,22H2,1-2H3,(H,23,26)(H,24,25). The maximum Gasteiger partial charge on any atom is 0.255 e. The van der Waals surface area contributed by atoms with Crippen LogP contribution in [-0.2, 0) is 11.2 Å². The molecule has 0 aliphatic rings. The number of benzene rings is 2. The molecule has 4 N–H and O–H groups in total. The van der Waals surface area contributed by atoms with Crippen LogP contribution in [0.25, 0.3) is 10.1 Å². The van der Waals surface area contributed by atoms with E-state index in [-0.39, 0.29) is 11.8 Å². The van der Waals surface area contributed by atoms with E-state index < -0.39 is 0 Å². The van der Waals surface area contributed by atoms with Gasteiger partial charge in [-0.05, 0) is 59.7 Å². The normalized spacial score (nSPS) is 11.0. The quantitative estimate of drug-likeness (QED) is 0.340. The molecular weight excluding hydrogens is 358 g/mol. The predicted octanol–water partition coefficient (Wildman–Crippen LogP) is 4.20. The molecule has 0 saturated heterocycles. The Hall–Kier alpha value is -2.70. The SMILES string of the molecule is CC(C)c1ccc(C(=O)Nc2ccc3sc(CCC(=O)NN)cc3c2)cc1. The molecule has 3 aromatic rings. The second kappa shape index (κ2) is 8.33. The number of fused-ring (bicyclic) bond motifs is 1. The third-order valence-corrected chi connectivity index (χ3v) is 5.60. The summed E-state index contributed by atoms with van der Waals surface area (Å²) in [7, 11) is 0. The Morgan fingerprint density at radius 2 is 1.81 bits per heavy atom. The Morgan fingerprint density at radius 1 is 1.07 bits per heavy atom. The van der Waals surface area contributed by atoms with Crippen molar-refractivity contribution >= 4 is 38.9 Å². The number of aryl methyl sites for hydroxylation is 1. The molecule has 5 nitrogen and oxygen atoms in total. The zero-order chi connectivity index (χ0) is 19.4. The monoisotopic (exact) mass is 381 g/mol. The lowest BCUT2D eigenvalue weighted by Gasteiger charge is -2.08. The van der Waals surface area contributed by atoms with Gasteiger partial charge in [-0.25, -0.2) is 5.84 Å². The van der Waals surface area contributed by atoms with Crippen molar-refractivity contribution in [1.29, 1.82) is 0 Å². The number of nitrogens with one attached hydrogen (secondary N) is 2. The fraction of sp³-hybridized carbons (Fsp3) is 0.238. The van der Waals surface area contributed by atoms with E-state index in [9.17, 15) is 9.59 Å². The lowest BCUT2D eigenvalue weighted by atomic mass is 10.0. The van der Waals surface area contributed by atoms with E-state index in [0.717, 1.165) is 20.7 Å². The topological polar surface area (TPSA) is 84.2 Å². The average molecular weight is 382 g/mol. The zero-order valence-corrected chi connectivity index (χ0v) is 16.2. The Morgan fingerprint density at radius 3 is 2.48 bits per heavy atom. The molecular formula is C21H23N3O2S. The fourth-order valence-corrected chi connectivity index (χ4v) is 3.88. The molecule has 0 spiro atoms. The maximum atomic E-state index is 12.5. The summed E-state index contributed by atoms with van der Waals surface area (Å²) in [5, 5.41) is 4.00. The van der Waals surface area contributed by atoms with Crippen LogP contribution in [0.2, 0.25) is 0 Å². The Bertz CT molecular complexity index is 961. The number of thiophene rings is 1. The van der Waals surface area contributed by atoms with Gasteiger partial charge in [0.1, 0.15) is 0 Å². The number of carbonyl (C=O) groups excluding carboxylic acids is 2. The second-order valence-electron chi connectivity index (χ2n) is 6.76. The molecule has 1 heterocycles. The molecule has 2 amide bonds. The first-order valence-electron chi connectivity index (χ1n) is 8.89. The third-order valence-electron chi connectivity index (χ3n) is 4.42. The minimum atomic E-state index is -0.177. The number of amides is 2. The van der Waals surface area contributed by atoms with Crippen molar-refractivity contribution < 1.29 is 9.59 Å². The van der Waals surface area contributed by atoms with Gasteiger partial charge in [0.2, 0.25) is 5.91 Å². The highest BCUT2D eigenvalue weighted by molar-refractivity contribution is 7.19. The molecule has 27 heavy (non-hydrogen) atoms. The number of anilines is 1. The Kier molecular flexibility index (Phi) is 5.88. The van der Waals surface area contributed by atoms with E-state index in [4.69, 9.17) is 5.84 Å². The van der Waals surface area contributed by atoms with Gasteiger partial charge in [-0.3, -0.25) is 15.0 Å². The first kappa shape index (κ1) is 19.1. The first-order valence-corrected chi connectivity index (χ1v) is 9.71. The maximum absolute atomic E-state index is 12.5. The predicted molar refractivity (Wildman–Crippen MR) is 111 cm³/mol. The molecule has 0 unspecified atom stereocenters. The molecule has 0 bridgehead atoms. The van der Waals surface area contributed by atoms with Crippen molar-refractivity contribution in [3.05, 3.63) is 64.5 Å². The van der Waals surface area contributed by atoms with Gasteiger partial charge in [0.15, 0.2) is 0 Å². The van der Waals surface area contributed by atoms with Crippen LogP contribution >= 0.6 is 11.3 Å².